The summed E-state index contributed by atoms with van der Waals surface area (Å²) in [5.74, 6) is -2.93. The number of benzene rings is 1. The van der Waals surface area contributed by atoms with Crippen LogP contribution in [0.25, 0.3) is 0 Å². The molecule has 1 saturated carbocycles. The lowest BCUT2D eigenvalue weighted by molar-refractivity contribution is -0.385. The second-order valence-corrected chi connectivity index (χ2v) is 4.65. The fraction of sp³-hybridized carbons (Fsp3) is 0.333. The molecule has 1 aromatic carbocycles. The van der Waals surface area contributed by atoms with E-state index in [0.29, 0.717) is 12.5 Å². The van der Waals surface area contributed by atoms with Gasteiger partial charge in [-0.3, -0.25) is 14.9 Å². The molecule has 2 N–H and O–H groups in total. The first-order valence-corrected chi connectivity index (χ1v) is 5.85. The Balaban J connectivity index is 2.25. The van der Waals surface area contributed by atoms with Crippen molar-refractivity contribution in [2.24, 2.45) is 0 Å². The number of hydrogen-bond donors (Lipinski definition) is 2. The molecule has 7 nitrogen and oxygen atoms in total. The number of carbonyl (C=O) groups is 2. The third-order valence-electron chi connectivity index (χ3n) is 3.32. The van der Waals surface area contributed by atoms with Crippen LogP contribution in [0, 0.1) is 15.9 Å². The summed E-state index contributed by atoms with van der Waals surface area (Å²) < 4.78 is 13.2. The summed E-state index contributed by atoms with van der Waals surface area (Å²) in [5.41, 5.74) is -2.18. The Morgan fingerprint density at radius 1 is 1.35 bits per heavy atom. The van der Waals surface area contributed by atoms with Gasteiger partial charge in [0.15, 0.2) is 0 Å². The Kier molecular flexibility index (Phi) is 3.39. The SMILES string of the molecule is O=C(NC1(C(=O)O)CCC1)c1cc(F)cc([N+](=O)[O-])c1. The molecule has 0 bridgehead atoms. The van der Waals surface area contributed by atoms with Crippen LogP contribution in [0.15, 0.2) is 18.2 Å². The van der Waals surface area contributed by atoms with E-state index in [2.05, 4.69) is 5.32 Å². The van der Waals surface area contributed by atoms with Crippen molar-refractivity contribution in [1.82, 2.24) is 5.32 Å². The second-order valence-electron chi connectivity index (χ2n) is 4.65. The number of hydrogen-bond acceptors (Lipinski definition) is 4. The number of non-ortho nitro benzene ring substituents is 1. The number of carbonyl (C=O) groups excluding carboxylic acids is 1. The number of nitrogens with zero attached hydrogens (tertiary/aromatic N) is 1. The molecule has 8 heteroatoms. The topological polar surface area (TPSA) is 110 Å². The van der Waals surface area contributed by atoms with Crippen LogP contribution in [0.1, 0.15) is 29.6 Å². The van der Waals surface area contributed by atoms with Gasteiger partial charge in [-0.15, -0.1) is 0 Å². The van der Waals surface area contributed by atoms with Gasteiger partial charge >= 0.3 is 5.97 Å². The summed E-state index contributed by atoms with van der Waals surface area (Å²) in [4.78, 5) is 32.8. The normalized spacial score (nSPS) is 16.1. The third kappa shape index (κ3) is 2.44. The molecule has 0 unspecified atom stereocenters. The summed E-state index contributed by atoms with van der Waals surface area (Å²) in [6.45, 7) is 0. The van der Waals surface area contributed by atoms with Gasteiger partial charge in [-0.1, -0.05) is 0 Å². The number of nitro benzene ring substituents is 1. The van der Waals surface area contributed by atoms with Crippen molar-refractivity contribution in [2.75, 3.05) is 0 Å². The van der Waals surface area contributed by atoms with Crippen molar-refractivity contribution in [3.05, 3.63) is 39.7 Å². The molecule has 1 aliphatic carbocycles. The van der Waals surface area contributed by atoms with Crippen molar-refractivity contribution in [3.63, 3.8) is 0 Å². The molecule has 1 aliphatic rings. The van der Waals surface area contributed by atoms with Crippen LogP contribution in [0.5, 0.6) is 0 Å². The van der Waals surface area contributed by atoms with E-state index in [0.717, 1.165) is 12.1 Å². The van der Waals surface area contributed by atoms with E-state index in [1.807, 2.05) is 0 Å². The number of carboxylic acids is 1. The minimum Gasteiger partial charge on any atom is -0.480 e. The summed E-state index contributed by atoms with van der Waals surface area (Å²) in [7, 11) is 0. The molecule has 0 heterocycles. The molecule has 0 radical (unpaired) electrons. The fourth-order valence-electron chi connectivity index (χ4n) is 2.02. The molecule has 1 aromatic rings. The molecule has 0 atom stereocenters. The Labute approximate surface area is 112 Å². The van der Waals surface area contributed by atoms with Gasteiger partial charge in [0.05, 0.1) is 11.0 Å². The lowest BCUT2D eigenvalue weighted by atomic mass is 9.76. The summed E-state index contributed by atoms with van der Waals surface area (Å²) in [6, 6.07) is 2.43. The van der Waals surface area contributed by atoms with E-state index in [-0.39, 0.29) is 18.4 Å². The maximum Gasteiger partial charge on any atom is 0.329 e. The predicted octanol–water partition coefficient (Wildman–Crippen LogP) is 1.47. The van der Waals surface area contributed by atoms with E-state index in [1.165, 1.54) is 0 Å². The Morgan fingerprint density at radius 2 is 2.00 bits per heavy atom. The standard InChI is InChI=1S/C12H11FN2O5/c13-8-4-7(5-9(6-8)15(19)20)10(16)14-12(11(17)18)2-1-3-12/h4-6H,1-3H2,(H,14,16)(H,17,18). The van der Waals surface area contributed by atoms with Gasteiger partial charge in [0.1, 0.15) is 11.4 Å². The molecular formula is C12H11FN2O5. The van der Waals surface area contributed by atoms with Crippen LogP contribution in [0.2, 0.25) is 0 Å². The number of rotatable bonds is 4. The molecule has 0 saturated heterocycles. The van der Waals surface area contributed by atoms with Gasteiger partial charge in [-0.05, 0) is 25.3 Å². The molecule has 2 rings (SSSR count). The van der Waals surface area contributed by atoms with E-state index >= 15 is 0 Å². The van der Waals surface area contributed by atoms with Gasteiger partial charge < -0.3 is 10.4 Å². The average Bonchev–Trinajstić information content (AvgIpc) is 2.32. The quantitative estimate of drug-likeness (QED) is 0.642. The highest BCUT2D eigenvalue weighted by atomic mass is 19.1. The van der Waals surface area contributed by atoms with Gasteiger partial charge in [0.25, 0.3) is 11.6 Å². The first-order valence-electron chi connectivity index (χ1n) is 5.85. The molecule has 0 spiro atoms. The van der Waals surface area contributed by atoms with Gasteiger partial charge in [-0.25, -0.2) is 9.18 Å². The van der Waals surface area contributed by atoms with Crippen LogP contribution < -0.4 is 5.32 Å². The lowest BCUT2D eigenvalue weighted by Crippen LogP contribution is -2.59. The number of carboxylic acid groups (broad SMARTS) is 1. The van der Waals surface area contributed by atoms with Gasteiger partial charge in [-0.2, -0.15) is 0 Å². The Hall–Kier alpha value is -2.51. The molecule has 1 fully saturated rings. The van der Waals surface area contributed by atoms with Crippen molar-refractivity contribution in [2.45, 2.75) is 24.8 Å². The van der Waals surface area contributed by atoms with Crippen LogP contribution in [-0.2, 0) is 4.79 Å². The van der Waals surface area contributed by atoms with Gasteiger partial charge in [0.2, 0.25) is 0 Å². The molecule has 1 amide bonds. The smallest absolute Gasteiger partial charge is 0.329 e. The summed E-state index contributed by atoms with van der Waals surface area (Å²) in [5, 5.41) is 22.0. The molecule has 20 heavy (non-hydrogen) atoms. The second kappa shape index (κ2) is 4.87. The van der Waals surface area contributed by atoms with Gasteiger partial charge in [0, 0.05) is 11.6 Å². The summed E-state index contributed by atoms with van der Waals surface area (Å²) in [6.07, 6.45) is 1.23. The highest BCUT2D eigenvalue weighted by Gasteiger charge is 2.45. The zero-order chi connectivity index (χ0) is 14.9. The predicted molar refractivity (Wildman–Crippen MR) is 64.7 cm³/mol. The maximum absolute atomic E-state index is 13.2. The minimum atomic E-state index is -1.35. The fourth-order valence-corrected chi connectivity index (χ4v) is 2.02. The van der Waals surface area contributed by atoms with Crippen LogP contribution in [-0.4, -0.2) is 27.4 Å². The van der Waals surface area contributed by atoms with Crippen LogP contribution in [0.4, 0.5) is 10.1 Å². The number of nitrogens with one attached hydrogen (secondary N) is 1. The van der Waals surface area contributed by atoms with E-state index in [1.54, 1.807) is 0 Å². The average molecular weight is 282 g/mol. The number of nitro groups is 1. The van der Waals surface area contributed by atoms with Crippen molar-refractivity contribution >= 4 is 17.6 Å². The van der Waals surface area contributed by atoms with E-state index < -0.39 is 33.8 Å². The summed E-state index contributed by atoms with van der Waals surface area (Å²) >= 11 is 0. The number of halogens is 1. The minimum absolute atomic E-state index is 0.274. The first-order chi connectivity index (χ1) is 9.34. The Bertz CT molecular complexity index is 598. The Morgan fingerprint density at radius 3 is 2.45 bits per heavy atom. The third-order valence-corrected chi connectivity index (χ3v) is 3.32. The molecule has 0 aliphatic heterocycles. The van der Waals surface area contributed by atoms with Crippen molar-refractivity contribution in [1.29, 1.82) is 0 Å². The maximum atomic E-state index is 13.2. The molecule has 0 aromatic heterocycles. The van der Waals surface area contributed by atoms with Crippen LogP contribution >= 0.6 is 0 Å². The van der Waals surface area contributed by atoms with Crippen LogP contribution in [0.3, 0.4) is 0 Å². The molecular weight excluding hydrogens is 271 g/mol. The lowest BCUT2D eigenvalue weighted by Gasteiger charge is -2.38. The highest BCUT2D eigenvalue weighted by Crippen LogP contribution is 2.32. The zero-order valence-corrected chi connectivity index (χ0v) is 10.3. The van der Waals surface area contributed by atoms with E-state index in [9.17, 15) is 24.1 Å². The van der Waals surface area contributed by atoms with Crippen molar-refractivity contribution < 1.29 is 24.0 Å². The van der Waals surface area contributed by atoms with Crippen molar-refractivity contribution in [3.8, 4) is 0 Å². The zero-order valence-electron chi connectivity index (χ0n) is 10.3. The highest BCUT2D eigenvalue weighted by molar-refractivity contribution is 5.98. The largest absolute Gasteiger partial charge is 0.480 e. The van der Waals surface area contributed by atoms with E-state index in [4.69, 9.17) is 5.11 Å². The molecule has 106 valence electrons. The first kappa shape index (κ1) is 13.9. The number of amides is 1. The monoisotopic (exact) mass is 282 g/mol. The number of aliphatic carboxylic acids is 1.